The normalized spacial score (nSPS) is 12.7. The Hall–Kier alpha value is -8.46. The molecule has 0 unspecified atom stereocenters. The zero-order chi connectivity index (χ0) is 42.9. The Morgan fingerprint density at radius 2 is 0.923 bits per heavy atom. The number of hydrogen-bond donors (Lipinski definition) is 0. The van der Waals surface area contributed by atoms with Crippen LogP contribution in [0, 0.1) is 0 Å². The number of para-hydroxylation sites is 1. The van der Waals surface area contributed by atoms with E-state index in [4.69, 9.17) is 4.42 Å². The predicted molar refractivity (Wildman–Crippen MR) is 272 cm³/mol. The molecule has 0 saturated heterocycles. The Morgan fingerprint density at radius 1 is 0.338 bits per heavy atom. The van der Waals surface area contributed by atoms with Crippen LogP contribution in [0.1, 0.15) is 22.3 Å². The van der Waals surface area contributed by atoms with E-state index in [-0.39, 0.29) is 0 Å². The molecule has 65 heavy (non-hydrogen) atoms. The van der Waals surface area contributed by atoms with Crippen LogP contribution < -0.4 is 4.90 Å². The number of fused-ring (bicyclic) bond motifs is 9. The van der Waals surface area contributed by atoms with Crippen LogP contribution in [0.15, 0.2) is 253 Å². The lowest BCUT2D eigenvalue weighted by Crippen LogP contribution is -2.28. The smallest absolute Gasteiger partial charge is 0.143 e. The Labute approximate surface area is 377 Å². The van der Waals surface area contributed by atoms with Gasteiger partial charge in [0.1, 0.15) is 11.2 Å². The van der Waals surface area contributed by atoms with Crippen LogP contribution >= 0.6 is 0 Å². The van der Waals surface area contributed by atoms with Gasteiger partial charge in [0.2, 0.25) is 0 Å². The van der Waals surface area contributed by atoms with Gasteiger partial charge in [0.25, 0.3) is 0 Å². The van der Waals surface area contributed by atoms with E-state index in [0.29, 0.717) is 0 Å². The van der Waals surface area contributed by atoms with E-state index in [1.807, 2.05) is 0 Å². The molecule has 0 radical (unpaired) electrons. The van der Waals surface area contributed by atoms with Crippen LogP contribution in [0.25, 0.3) is 76.9 Å². The standard InChI is InChI=1S/C63H41NO/c1-3-22-46(23-4-1)63(47-24-5-2-6-25-47)56-32-13-11-30-54(56)61-57(63)33-17-35-59(61)64(48-26-15-21-44(40-48)50-31-16-20-42-18-7-9-27-49(42)50)58-34-14-12-28-51(58)45-37-39-60-55(41-45)53-38-36-43-19-8-10-29-52(43)62(53)65-60/h1-41H. The first-order chi connectivity index (χ1) is 32.3. The summed E-state index contributed by atoms with van der Waals surface area (Å²) in [7, 11) is 0. The van der Waals surface area contributed by atoms with E-state index in [1.54, 1.807) is 0 Å². The van der Waals surface area contributed by atoms with Crippen LogP contribution in [0.3, 0.4) is 0 Å². The summed E-state index contributed by atoms with van der Waals surface area (Å²) >= 11 is 0. The lowest BCUT2D eigenvalue weighted by Gasteiger charge is -2.34. The molecule has 0 fully saturated rings. The first-order valence-electron chi connectivity index (χ1n) is 22.4. The molecule has 0 bridgehead atoms. The lowest BCUT2D eigenvalue weighted by atomic mass is 9.68. The summed E-state index contributed by atoms with van der Waals surface area (Å²) in [4.78, 5) is 2.51. The fourth-order valence-corrected chi connectivity index (χ4v) is 10.9. The average molecular weight is 828 g/mol. The zero-order valence-corrected chi connectivity index (χ0v) is 35.5. The van der Waals surface area contributed by atoms with Gasteiger partial charge in [-0.3, -0.25) is 0 Å². The Balaban J connectivity index is 1.09. The number of rotatable bonds is 7. The highest BCUT2D eigenvalue weighted by Crippen LogP contribution is 2.60. The highest BCUT2D eigenvalue weighted by atomic mass is 16.3. The maximum absolute atomic E-state index is 6.62. The van der Waals surface area contributed by atoms with Crippen LogP contribution in [0.4, 0.5) is 17.1 Å². The van der Waals surface area contributed by atoms with Crippen LogP contribution in [-0.2, 0) is 5.41 Å². The second-order valence-electron chi connectivity index (χ2n) is 17.1. The molecule has 1 heterocycles. The molecule has 0 atom stereocenters. The third-order valence-corrected chi connectivity index (χ3v) is 13.7. The molecule has 2 nitrogen and oxygen atoms in total. The van der Waals surface area contributed by atoms with Crippen molar-refractivity contribution in [3.8, 4) is 33.4 Å². The van der Waals surface area contributed by atoms with Gasteiger partial charge in [-0.15, -0.1) is 0 Å². The van der Waals surface area contributed by atoms with Gasteiger partial charge >= 0.3 is 0 Å². The second-order valence-corrected chi connectivity index (χ2v) is 17.1. The van der Waals surface area contributed by atoms with Gasteiger partial charge in [-0.1, -0.05) is 206 Å². The van der Waals surface area contributed by atoms with Crippen molar-refractivity contribution in [1.82, 2.24) is 0 Å². The topological polar surface area (TPSA) is 16.4 Å². The van der Waals surface area contributed by atoms with Crippen molar-refractivity contribution < 1.29 is 4.42 Å². The number of anilines is 3. The minimum Gasteiger partial charge on any atom is -0.455 e. The number of furan rings is 1. The Bertz CT molecular complexity index is 3740. The van der Waals surface area contributed by atoms with Gasteiger partial charge in [0.05, 0.1) is 16.8 Å². The van der Waals surface area contributed by atoms with Gasteiger partial charge in [-0.2, -0.15) is 0 Å². The summed E-state index contributed by atoms with van der Waals surface area (Å²) in [5, 5.41) is 6.98. The van der Waals surface area contributed by atoms with Gasteiger partial charge in [0, 0.05) is 33.0 Å². The Kier molecular flexibility index (Phi) is 8.47. The van der Waals surface area contributed by atoms with Crippen molar-refractivity contribution in [1.29, 1.82) is 0 Å². The molecule has 0 N–H and O–H groups in total. The first-order valence-corrected chi connectivity index (χ1v) is 22.4. The van der Waals surface area contributed by atoms with E-state index < -0.39 is 5.41 Å². The summed E-state index contributed by atoms with van der Waals surface area (Å²) < 4.78 is 6.62. The van der Waals surface area contributed by atoms with Crippen molar-refractivity contribution in [2.24, 2.45) is 0 Å². The van der Waals surface area contributed by atoms with Gasteiger partial charge in [-0.25, -0.2) is 0 Å². The predicted octanol–water partition coefficient (Wildman–Crippen LogP) is 17.1. The molecular weight excluding hydrogens is 787 g/mol. The minimum absolute atomic E-state index is 0.544. The van der Waals surface area contributed by atoms with E-state index in [0.717, 1.165) is 61.1 Å². The summed E-state index contributed by atoms with van der Waals surface area (Å²) in [5.41, 5.74) is 16.7. The van der Waals surface area contributed by atoms with Gasteiger partial charge in [0.15, 0.2) is 0 Å². The second kappa shape index (κ2) is 14.8. The molecule has 304 valence electrons. The number of hydrogen-bond acceptors (Lipinski definition) is 2. The van der Waals surface area contributed by atoms with Crippen LogP contribution in [0.5, 0.6) is 0 Å². The molecule has 11 aromatic carbocycles. The lowest BCUT2D eigenvalue weighted by molar-refractivity contribution is 0.672. The SMILES string of the molecule is c1ccc(C2(c3ccccc3)c3ccccc3-c3c(N(c4cccc(-c5cccc6ccccc56)c4)c4ccccc4-c4ccc5oc6c7ccccc7ccc6c5c4)cccc32)cc1. The van der Waals surface area contributed by atoms with Crippen molar-refractivity contribution >= 4 is 60.5 Å². The minimum atomic E-state index is -0.544. The largest absolute Gasteiger partial charge is 0.455 e. The van der Waals surface area contributed by atoms with Crippen molar-refractivity contribution in [2.45, 2.75) is 5.41 Å². The fourth-order valence-electron chi connectivity index (χ4n) is 10.9. The van der Waals surface area contributed by atoms with Crippen LogP contribution in [-0.4, -0.2) is 0 Å². The van der Waals surface area contributed by atoms with E-state index in [9.17, 15) is 0 Å². The Morgan fingerprint density at radius 3 is 1.74 bits per heavy atom. The number of nitrogens with zero attached hydrogens (tertiary/aromatic N) is 1. The highest BCUT2D eigenvalue weighted by molar-refractivity contribution is 6.16. The third-order valence-electron chi connectivity index (χ3n) is 13.7. The summed E-state index contributed by atoms with van der Waals surface area (Å²) in [6.07, 6.45) is 0. The van der Waals surface area contributed by atoms with Crippen molar-refractivity contribution in [3.05, 3.63) is 271 Å². The molecule has 12 aromatic rings. The third kappa shape index (κ3) is 5.67. The maximum Gasteiger partial charge on any atom is 0.143 e. The molecule has 2 heteroatoms. The molecule has 1 aliphatic rings. The maximum atomic E-state index is 6.62. The molecule has 13 rings (SSSR count). The molecular formula is C63H41NO. The van der Waals surface area contributed by atoms with Crippen LogP contribution in [0.2, 0.25) is 0 Å². The van der Waals surface area contributed by atoms with Gasteiger partial charge < -0.3 is 9.32 Å². The monoisotopic (exact) mass is 827 g/mol. The molecule has 0 spiro atoms. The van der Waals surface area contributed by atoms with Crippen molar-refractivity contribution in [2.75, 3.05) is 4.90 Å². The zero-order valence-electron chi connectivity index (χ0n) is 35.5. The summed E-state index contributed by atoms with van der Waals surface area (Å²) in [6, 6.07) is 91.0. The fraction of sp³-hybridized carbons (Fsp3) is 0.0159. The van der Waals surface area contributed by atoms with E-state index in [1.165, 1.54) is 55.1 Å². The molecule has 0 saturated carbocycles. The molecule has 1 aromatic heterocycles. The molecule has 0 aliphatic heterocycles. The summed E-state index contributed by atoms with van der Waals surface area (Å²) in [6.45, 7) is 0. The van der Waals surface area contributed by atoms with Crippen molar-refractivity contribution in [3.63, 3.8) is 0 Å². The van der Waals surface area contributed by atoms with E-state index >= 15 is 0 Å². The van der Waals surface area contributed by atoms with E-state index in [2.05, 4.69) is 254 Å². The van der Waals surface area contributed by atoms with Gasteiger partial charge in [-0.05, 0) is 103 Å². The molecule has 1 aliphatic carbocycles. The average Bonchev–Trinajstić information content (AvgIpc) is 3.91. The quantitative estimate of drug-likeness (QED) is 0.159. The summed E-state index contributed by atoms with van der Waals surface area (Å²) in [5.74, 6) is 0. The number of benzene rings is 11. The first kappa shape index (κ1) is 37.1. The highest BCUT2D eigenvalue weighted by Gasteiger charge is 2.47. The molecule has 0 amide bonds.